The molecule has 1 N–H and O–H groups in total. The lowest BCUT2D eigenvalue weighted by atomic mass is 10.1. The van der Waals surface area contributed by atoms with Crippen molar-refractivity contribution in [3.8, 4) is 5.75 Å². The van der Waals surface area contributed by atoms with Crippen molar-refractivity contribution in [2.45, 2.75) is 32.9 Å². The third kappa shape index (κ3) is 3.43. The zero-order valence-corrected chi connectivity index (χ0v) is 14.3. The minimum atomic E-state index is -0.139. The number of ether oxygens (including phenoxy) is 2. The molecule has 2 aromatic rings. The van der Waals surface area contributed by atoms with Gasteiger partial charge in [-0.3, -0.25) is 9.89 Å². The third-order valence-corrected chi connectivity index (χ3v) is 4.06. The van der Waals surface area contributed by atoms with Crippen LogP contribution in [0.15, 0.2) is 30.5 Å². The molecule has 1 unspecified atom stereocenters. The average molecular weight is 329 g/mol. The average Bonchev–Trinajstić information content (AvgIpc) is 3.00. The molecule has 0 radical (unpaired) electrons. The number of carbonyl (C=O) groups excluding carboxylic acids is 1. The van der Waals surface area contributed by atoms with Crippen LogP contribution in [-0.4, -0.2) is 46.9 Å². The van der Waals surface area contributed by atoms with Gasteiger partial charge in [-0.05, 0) is 50.6 Å². The Morgan fingerprint density at radius 1 is 1.38 bits per heavy atom. The molecular formula is C18H23N3O3. The number of rotatable bonds is 4. The Morgan fingerprint density at radius 3 is 2.75 bits per heavy atom. The van der Waals surface area contributed by atoms with Gasteiger partial charge in [0.1, 0.15) is 5.75 Å². The summed E-state index contributed by atoms with van der Waals surface area (Å²) in [6, 6.07) is 7.16. The second-order valence-electron chi connectivity index (χ2n) is 6.25. The number of H-pyrrole nitrogens is 1. The summed E-state index contributed by atoms with van der Waals surface area (Å²) in [5, 5.41) is 7.07. The second kappa shape index (κ2) is 7.05. The van der Waals surface area contributed by atoms with Gasteiger partial charge in [0, 0.05) is 12.1 Å². The topological polar surface area (TPSA) is 67.5 Å². The largest absolute Gasteiger partial charge is 0.491 e. The van der Waals surface area contributed by atoms with Gasteiger partial charge in [0.15, 0.2) is 0 Å². The quantitative estimate of drug-likeness (QED) is 0.936. The Morgan fingerprint density at radius 2 is 2.12 bits per heavy atom. The van der Waals surface area contributed by atoms with Gasteiger partial charge in [0.2, 0.25) is 0 Å². The molecule has 6 nitrogen and oxygen atoms in total. The predicted molar refractivity (Wildman–Crippen MR) is 90.1 cm³/mol. The maximum absolute atomic E-state index is 12.9. The summed E-state index contributed by atoms with van der Waals surface area (Å²) in [5.74, 6) is 0.762. The smallest absolute Gasteiger partial charge is 0.254 e. The van der Waals surface area contributed by atoms with Gasteiger partial charge in [0.05, 0.1) is 37.3 Å². The zero-order valence-electron chi connectivity index (χ0n) is 14.3. The van der Waals surface area contributed by atoms with E-state index in [0.29, 0.717) is 25.3 Å². The van der Waals surface area contributed by atoms with Crippen molar-refractivity contribution in [1.29, 1.82) is 0 Å². The van der Waals surface area contributed by atoms with E-state index in [0.717, 1.165) is 17.0 Å². The molecule has 0 spiro atoms. The molecule has 1 aliphatic heterocycles. The minimum absolute atomic E-state index is 0.00611. The van der Waals surface area contributed by atoms with E-state index in [9.17, 15) is 4.79 Å². The van der Waals surface area contributed by atoms with Crippen molar-refractivity contribution in [1.82, 2.24) is 15.1 Å². The van der Waals surface area contributed by atoms with Gasteiger partial charge in [-0.25, -0.2) is 0 Å². The van der Waals surface area contributed by atoms with Crippen LogP contribution >= 0.6 is 0 Å². The van der Waals surface area contributed by atoms with E-state index in [1.54, 1.807) is 6.20 Å². The fourth-order valence-electron chi connectivity index (χ4n) is 2.89. The standard InChI is InChI=1S/C18H23N3O3/c1-12(2)24-15-6-4-14(5-7-15)18(22)21-8-9-23-11-16(21)17-13(3)10-19-20-17/h4-7,10,12,16H,8-9,11H2,1-3H3,(H,19,20). The zero-order chi connectivity index (χ0) is 17.1. The van der Waals surface area contributed by atoms with Gasteiger partial charge in [-0.15, -0.1) is 0 Å². The first-order valence-corrected chi connectivity index (χ1v) is 8.21. The molecule has 2 heterocycles. The highest BCUT2D eigenvalue weighted by Crippen LogP contribution is 2.27. The van der Waals surface area contributed by atoms with Crippen molar-refractivity contribution < 1.29 is 14.3 Å². The van der Waals surface area contributed by atoms with Gasteiger partial charge < -0.3 is 14.4 Å². The minimum Gasteiger partial charge on any atom is -0.491 e. The molecule has 128 valence electrons. The first-order chi connectivity index (χ1) is 11.6. The molecule has 1 atom stereocenters. The van der Waals surface area contributed by atoms with E-state index >= 15 is 0 Å². The summed E-state index contributed by atoms with van der Waals surface area (Å²) in [5.41, 5.74) is 2.61. The highest BCUT2D eigenvalue weighted by molar-refractivity contribution is 5.94. The summed E-state index contributed by atoms with van der Waals surface area (Å²) in [6.45, 7) is 7.52. The van der Waals surface area contributed by atoms with Crippen molar-refractivity contribution in [2.24, 2.45) is 0 Å². The number of benzene rings is 1. The van der Waals surface area contributed by atoms with Crippen LogP contribution in [-0.2, 0) is 4.74 Å². The van der Waals surface area contributed by atoms with Crippen molar-refractivity contribution in [3.63, 3.8) is 0 Å². The summed E-state index contributed by atoms with van der Waals surface area (Å²) < 4.78 is 11.2. The lowest BCUT2D eigenvalue weighted by Gasteiger charge is -2.35. The fourth-order valence-corrected chi connectivity index (χ4v) is 2.89. The number of hydrogen-bond donors (Lipinski definition) is 1. The second-order valence-corrected chi connectivity index (χ2v) is 6.25. The maximum Gasteiger partial charge on any atom is 0.254 e. The van der Waals surface area contributed by atoms with Crippen LogP contribution in [0.4, 0.5) is 0 Å². The van der Waals surface area contributed by atoms with Gasteiger partial charge in [0.25, 0.3) is 5.91 Å². The number of nitrogens with one attached hydrogen (secondary N) is 1. The monoisotopic (exact) mass is 329 g/mol. The number of carbonyl (C=O) groups is 1. The Balaban J connectivity index is 1.80. The number of amides is 1. The van der Waals surface area contributed by atoms with Crippen LogP contribution in [0.25, 0.3) is 0 Å². The Hall–Kier alpha value is -2.34. The van der Waals surface area contributed by atoms with Crippen LogP contribution in [0.5, 0.6) is 5.75 Å². The fraction of sp³-hybridized carbons (Fsp3) is 0.444. The molecule has 24 heavy (non-hydrogen) atoms. The highest BCUT2D eigenvalue weighted by atomic mass is 16.5. The number of morpholine rings is 1. The van der Waals surface area contributed by atoms with Gasteiger partial charge in [-0.2, -0.15) is 5.10 Å². The molecule has 1 fully saturated rings. The number of hydrogen-bond acceptors (Lipinski definition) is 4. The SMILES string of the molecule is Cc1cn[nH]c1C1COCCN1C(=O)c1ccc(OC(C)C)cc1. The van der Waals surface area contributed by atoms with E-state index in [2.05, 4.69) is 10.2 Å². The predicted octanol–water partition coefficient (Wildman–Crippen LogP) is 2.72. The van der Waals surface area contributed by atoms with Crippen LogP contribution in [0.1, 0.15) is 41.5 Å². The van der Waals surface area contributed by atoms with E-state index in [1.165, 1.54) is 0 Å². The molecule has 1 aliphatic rings. The third-order valence-electron chi connectivity index (χ3n) is 4.06. The van der Waals surface area contributed by atoms with Gasteiger partial charge in [-0.1, -0.05) is 0 Å². The van der Waals surface area contributed by atoms with Crippen LogP contribution in [0, 0.1) is 6.92 Å². The Kier molecular flexibility index (Phi) is 4.85. The maximum atomic E-state index is 12.9. The summed E-state index contributed by atoms with van der Waals surface area (Å²) in [6.07, 6.45) is 1.88. The molecule has 3 rings (SSSR count). The van der Waals surface area contributed by atoms with Crippen LogP contribution in [0.3, 0.4) is 0 Å². The van der Waals surface area contributed by atoms with E-state index in [-0.39, 0.29) is 18.1 Å². The molecule has 1 amide bonds. The van der Waals surface area contributed by atoms with E-state index < -0.39 is 0 Å². The van der Waals surface area contributed by atoms with E-state index in [4.69, 9.17) is 9.47 Å². The molecule has 1 aromatic carbocycles. The Labute approximate surface area is 141 Å². The summed E-state index contributed by atoms with van der Waals surface area (Å²) >= 11 is 0. The summed E-state index contributed by atoms with van der Waals surface area (Å²) in [7, 11) is 0. The molecule has 0 aliphatic carbocycles. The van der Waals surface area contributed by atoms with Gasteiger partial charge >= 0.3 is 0 Å². The first-order valence-electron chi connectivity index (χ1n) is 8.21. The molecule has 6 heteroatoms. The number of aryl methyl sites for hydroxylation is 1. The number of aromatic amines is 1. The Bertz CT molecular complexity index is 694. The lowest BCUT2D eigenvalue weighted by Crippen LogP contribution is -2.43. The van der Waals surface area contributed by atoms with E-state index in [1.807, 2.05) is 49.9 Å². The first kappa shape index (κ1) is 16.5. The van der Waals surface area contributed by atoms with Crippen LogP contribution < -0.4 is 4.74 Å². The van der Waals surface area contributed by atoms with Crippen molar-refractivity contribution in [2.75, 3.05) is 19.8 Å². The van der Waals surface area contributed by atoms with Crippen molar-refractivity contribution in [3.05, 3.63) is 47.3 Å². The summed E-state index contributed by atoms with van der Waals surface area (Å²) in [4.78, 5) is 14.8. The van der Waals surface area contributed by atoms with Crippen molar-refractivity contribution >= 4 is 5.91 Å². The number of aromatic nitrogens is 2. The normalized spacial score (nSPS) is 18.0. The molecule has 1 aromatic heterocycles. The van der Waals surface area contributed by atoms with Crippen LogP contribution in [0.2, 0.25) is 0 Å². The number of nitrogens with zero attached hydrogens (tertiary/aromatic N) is 2. The molecular weight excluding hydrogens is 306 g/mol. The molecule has 1 saturated heterocycles. The molecule has 0 bridgehead atoms. The molecule has 0 saturated carbocycles. The highest BCUT2D eigenvalue weighted by Gasteiger charge is 2.31. The lowest BCUT2D eigenvalue weighted by molar-refractivity contribution is -0.00407.